The monoisotopic (exact) mass is 388 g/mol. The number of ether oxygens (including phenoxy) is 1. The molecule has 30 heavy (non-hydrogen) atoms. The molecule has 0 unspecified atom stereocenters. The molecule has 0 radical (unpaired) electrons. The second-order valence-electron chi connectivity index (χ2n) is 9.40. The molecule has 4 aromatic rings. The van der Waals surface area contributed by atoms with Crippen molar-refractivity contribution in [3.05, 3.63) is 119 Å². The lowest BCUT2D eigenvalue weighted by molar-refractivity contribution is 0.433. The molecule has 0 N–H and O–H groups in total. The van der Waals surface area contributed by atoms with Crippen LogP contribution in [0.2, 0.25) is 0 Å². The summed E-state index contributed by atoms with van der Waals surface area (Å²) in [7, 11) is 0. The molecule has 0 fully saturated rings. The van der Waals surface area contributed by atoms with Gasteiger partial charge in [-0.25, -0.2) is 0 Å². The van der Waals surface area contributed by atoms with Crippen LogP contribution in [0, 0.1) is 0 Å². The minimum atomic E-state index is -0.353. The third kappa shape index (κ3) is 2.13. The van der Waals surface area contributed by atoms with Crippen molar-refractivity contribution in [1.29, 1.82) is 0 Å². The first-order valence-corrected chi connectivity index (χ1v) is 10.6. The fourth-order valence-electron chi connectivity index (χ4n) is 5.33. The van der Waals surface area contributed by atoms with Gasteiger partial charge in [-0.05, 0) is 45.4 Å². The molecule has 146 valence electrons. The van der Waals surface area contributed by atoms with Gasteiger partial charge < -0.3 is 4.74 Å². The topological polar surface area (TPSA) is 9.23 Å². The average molecular weight is 389 g/mol. The molecular weight excluding hydrogens is 364 g/mol. The fraction of sp³-hybridized carbons (Fsp3) is 0.172. The van der Waals surface area contributed by atoms with E-state index in [-0.39, 0.29) is 10.8 Å². The highest BCUT2D eigenvalue weighted by atomic mass is 16.5. The van der Waals surface area contributed by atoms with Crippen LogP contribution < -0.4 is 4.74 Å². The molecule has 4 aromatic carbocycles. The Morgan fingerprint density at radius 3 is 1.73 bits per heavy atom. The minimum absolute atomic E-state index is 0.0635. The summed E-state index contributed by atoms with van der Waals surface area (Å²) in [4.78, 5) is 0. The Hall–Kier alpha value is -3.32. The first-order chi connectivity index (χ1) is 14.5. The van der Waals surface area contributed by atoms with Crippen molar-refractivity contribution in [3.63, 3.8) is 0 Å². The molecule has 1 aliphatic heterocycles. The van der Waals surface area contributed by atoms with Crippen molar-refractivity contribution in [3.8, 4) is 22.6 Å². The maximum Gasteiger partial charge on any atom is 0.132 e. The highest BCUT2D eigenvalue weighted by Crippen LogP contribution is 2.62. The van der Waals surface area contributed by atoms with Crippen LogP contribution in [0.15, 0.2) is 91.0 Å². The summed E-state index contributed by atoms with van der Waals surface area (Å²) in [6.45, 7) is 6.75. The first-order valence-electron chi connectivity index (χ1n) is 10.6. The van der Waals surface area contributed by atoms with Crippen molar-refractivity contribution in [1.82, 2.24) is 0 Å². The Balaban J connectivity index is 1.78. The number of hydrogen-bond acceptors (Lipinski definition) is 1. The molecule has 0 bridgehead atoms. The van der Waals surface area contributed by atoms with Crippen molar-refractivity contribution in [2.24, 2.45) is 0 Å². The second-order valence-corrected chi connectivity index (χ2v) is 9.40. The van der Waals surface area contributed by atoms with E-state index in [4.69, 9.17) is 4.74 Å². The van der Waals surface area contributed by atoms with E-state index in [0.717, 1.165) is 11.5 Å². The molecule has 1 nitrogen and oxygen atoms in total. The first kappa shape index (κ1) is 17.5. The summed E-state index contributed by atoms with van der Waals surface area (Å²) in [5, 5.41) is 0. The van der Waals surface area contributed by atoms with Crippen LogP contribution in [-0.4, -0.2) is 0 Å². The van der Waals surface area contributed by atoms with Crippen LogP contribution in [0.5, 0.6) is 11.5 Å². The van der Waals surface area contributed by atoms with Gasteiger partial charge in [0, 0.05) is 11.1 Å². The Labute approximate surface area is 178 Å². The van der Waals surface area contributed by atoms with Gasteiger partial charge in [-0.1, -0.05) is 99.6 Å². The van der Waals surface area contributed by atoms with E-state index < -0.39 is 0 Å². The molecule has 1 heteroatoms. The summed E-state index contributed by atoms with van der Waals surface area (Å²) in [6.07, 6.45) is 0. The molecule has 0 saturated heterocycles. The van der Waals surface area contributed by atoms with E-state index >= 15 is 0 Å². The van der Waals surface area contributed by atoms with Crippen LogP contribution in [0.3, 0.4) is 0 Å². The maximum atomic E-state index is 6.53. The molecule has 2 aliphatic rings. The lowest BCUT2D eigenvalue weighted by atomic mass is 9.65. The molecule has 6 rings (SSSR count). The van der Waals surface area contributed by atoms with Gasteiger partial charge in [0.1, 0.15) is 11.5 Å². The Bertz CT molecular complexity index is 1260. The summed E-state index contributed by atoms with van der Waals surface area (Å²) in [6, 6.07) is 33.0. The van der Waals surface area contributed by atoms with E-state index in [9.17, 15) is 0 Å². The van der Waals surface area contributed by atoms with Crippen LogP contribution in [-0.2, 0) is 10.8 Å². The molecule has 0 amide bonds. The largest absolute Gasteiger partial charge is 0.457 e. The number of fused-ring (bicyclic) bond motifs is 9. The molecular formula is C29H24O. The van der Waals surface area contributed by atoms with Crippen LogP contribution in [0.4, 0.5) is 0 Å². The number of hydrogen-bond donors (Lipinski definition) is 0. The fourth-order valence-corrected chi connectivity index (χ4v) is 5.33. The summed E-state index contributed by atoms with van der Waals surface area (Å²) in [5.74, 6) is 1.91. The van der Waals surface area contributed by atoms with Gasteiger partial charge >= 0.3 is 0 Å². The second kappa shape index (κ2) is 5.86. The Morgan fingerprint density at radius 2 is 1.10 bits per heavy atom. The SMILES string of the molecule is CC(C)(C)c1ccc2c(c1)Oc1ccccc1C21c2ccccc2-c2ccccc21. The summed E-state index contributed by atoms with van der Waals surface area (Å²) >= 11 is 0. The molecule has 1 heterocycles. The summed E-state index contributed by atoms with van der Waals surface area (Å²) < 4.78 is 6.53. The van der Waals surface area contributed by atoms with Crippen molar-refractivity contribution in [2.45, 2.75) is 31.6 Å². The predicted molar refractivity (Wildman–Crippen MR) is 123 cm³/mol. The standard InChI is InChI=1S/C29H24O/c1-28(2,3)19-16-17-25-27(18-19)30-26-15-9-8-14-24(26)29(25)22-12-6-4-10-20(22)21-11-5-7-13-23(21)29/h4-18H,1-3H3. The highest BCUT2D eigenvalue weighted by Gasteiger charge is 2.50. The third-order valence-electron chi connectivity index (χ3n) is 6.71. The van der Waals surface area contributed by atoms with E-state index in [1.165, 1.54) is 38.9 Å². The van der Waals surface area contributed by atoms with Gasteiger partial charge in [-0.2, -0.15) is 0 Å². The van der Waals surface area contributed by atoms with Crippen LogP contribution in [0.25, 0.3) is 11.1 Å². The number of rotatable bonds is 0. The van der Waals surface area contributed by atoms with Gasteiger partial charge in [-0.3, -0.25) is 0 Å². The lowest BCUT2D eigenvalue weighted by Crippen LogP contribution is -2.32. The normalized spacial score (nSPS) is 15.0. The van der Waals surface area contributed by atoms with Crippen molar-refractivity contribution < 1.29 is 4.74 Å². The van der Waals surface area contributed by atoms with Gasteiger partial charge in [-0.15, -0.1) is 0 Å². The van der Waals surface area contributed by atoms with Gasteiger partial charge in [0.2, 0.25) is 0 Å². The molecule has 1 aliphatic carbocycles. The lowest BCUT2D eigenvalue weighted by Gasteiger charge is -2.40. The van der Waals surface area contributed by atoms with Gasteiger partial charge in [0.05, 0.1) is 5.41 Å². The van der Waals surface area contributed by atoms with Crippen LogP contribution in [0.1, 0.15) is 48.6 Å². The van der Waals surface area contributed by atoms with Gasteiger partial charge in [0.25, 0.3) is 0 Å². The minimum Gasteiger partial charge on any atom is -0.457 e. The Kier molecular flexibility index (Phi) is 3.42. The smallest absolute Gasteiger partial charge is 0.132 e. The molecule has 0 atom stereocenters. The predicted octanol–water partition coefficient (Wildman–Crippen LogP) is 7.45. The van der Waals surface area contributed by atoms with E-state index in [0.29, 0.717) is 0 Å². The zero-order chi connectivity index (χ0) is 20.5. The van der Waals surface area contributed by atoms with E-state index in [1.54, 1.807) is 0 Å². The summed E-state index contributed by atoms with van der Waals surface area (Å²) in [5.41, 5.74) is 8.76. The van der Waals surface area contributed by atoms with E-state index in [2.05, 4.69) is 112 Å². The maximum absolute atomic E-state index is 6.53. The third-order valence-corrected chi connectivity index (χ3v) is 6.71. The highest BCUT2D eigenvalue weighted by molar-refractivity contribution is 5.88. The number of para-hydroxylation sites is 1. The average Bonchev–Trinajstić information content (AvgIpc) is 3.05. The molecule has 1 spiro atoms. The van der Waals surface area contributed by atoms with Crippen LogP contribution >= 0.6 is 0 Å². The van der Waals surface area contributed by atoms with Gasteiger partial charge in [0.15, 0.2) is 0 Å². The number of benzene rings is 4. The Morgan fingerprint density at radius 1 is 0.567 bits per heavy atom. The van der Waals surface area contributed by atoms with Crippen molar-refractivity contribution >= 4 is 0 Å². The quantitative estimate of drug-likeness (QED) is 0.262. The zero-order valence-electron chi connectivity index (χ0n) is 17.6. The molecule has 0 saturated carbocycles. The van der Waals surface area contributed by atoms with Crippen molar-refractivity contribution in [2.75, 3.05) is 0 Å². The zero-order valence-corrected chi connectivity index (χ0v) is 17.6. The van der Waals surface area contributed by atoms with E-state index in [1.807, 2.05) is 0 Å². The molecule has 0 aromatic heterocycles.